The lowest BCUT2D eigenvalue weighted by Crippen LogP contribution is -1.99. The molecule has 2 nitrogen and oxygen atoms in total. The molecule has 1 aliphatic rings. The quantitative estimate of drug-likeness (QED) is 0.714. The molecule has 0 saturated heterocycles. The zero-order valence-corrected chi connectivity index (χ0v) is 7.30. The van der Waals surface area contributed by atoms with Crippen molar-refractivity contribution in [1.82, 2.24) is 4.98 Å². The van der Waals surface area contributed by atoms with Crippen molar-refractivity contribution in [2.45, 2.75) is 13.0 Å². The standard InChI is InChI=1S/C9H9ClN2/c10-8-1-2-9-7(8)3-6(4-11)5-12-9/h1,3,5H,2,4,11H2. The summed E-state index contributed by atoms with van der Waals surface area (Å²) in [4.78, 5) is 4.26. The fraction of sp³-hybridized carbons (Fsp3) is 0.222. The Bertz CT molecular complexity index is 344. The van der Waals surface area contributed by atoms with Crippen LogP contribution in [0.1, 0.15) is 16.8 Å². The van der Waals surface area contributed by atoms with Crippen molar-refractivity contribution >= 4 is 16.6 Å². The summed E-state index contributed by atoms with van der Waals surface area (Å²) in [5, 5.41) is 0.799. The number of nitrogens with zero attached hydrogens (tertiary/aromatic N) is 1. The lowest BCUT2D eigenvalue weighted by molar-refractivity contribution is 1.02. The highest BCUT2D eigenvalue weighted by Crippen LogP contribution is 2.29. The largest absolute Gasteiger partial charge is 0.326 e. The molecule has 0 aliphatic heterocycles. The minimum absolute atomic E-state index is 0.518. The molecule has 62 valence electrons. The SMILES string of the molecule is NCc1cnc2c(c1)C(Cl)=CC2. The third kappa shape index (κ3) is 1.13. The second-order valence-corrected chi connectivity index (χ2v) is 3.21. The van der Waals surface area contributed by atoms with Crippen LogP contribution in [-0.2, 0) is 13.0 Å². The van der Waals surface area contributed by atoms with E-state index in [1.807, 2.05) is 18.3 Å². The lowest BCUT2D eigenvalue weighted by atomic mass is 10.2. The number of allylic oxidation sites excluding steroid dienone is 1. The van der Waals surface area contributed by atoms with Crippen molar-refractivity contribution in [3.63, 3.8) is 0 Å². The summed E-state index contributed by atoms with van der Waals surface area (Å²) in [5.74, 6) is 0. The van der Waals surface area contributed by atoms with Gasteiger partial charge in [0.2, 0.25) is 0 Å². The Labute approximate surface area is 76.1 Å². The van der Waals surface area contributed by atoms with Crippen LogP contribution < -0.4 is 5.73 Å². The van der Waals surface area contributed by atoms with Crippen LogP contribution in [0.25, 0.3) is 5.03 Å². The van der Waals surface area contributed by atoms with Crippen LogP contribution in [0, 0.1) is 0 Å². The van der Waals surface area contributed by atoms with E-state index in [2.05, 4.69) is 4.98 Å². The van der Waals surface area contributed by atoms with E-state index in [0.29, 0.717) is 6.54 Å². The van der Waals surface area contributed by atoms with E-state index in [-0.39, 0.29) is 0 Å². The molecule has 1 aliphatic carbocycles. The number of rotatable bonds is 1. The normalized spacial score (nSPS) is 14.3. The zero-order chi connectivity index (χ0) is 8.55. The molecule has 0 radical (unpaired) electrons. The summed E-state index contributed by atoms with van der Waals surface area (Å²) in [6.45, 7) is 0.518. The molecule has 0 unspecified atom stereocenters. The van der Waals surface area contributed by atoms with Gasteiger partial charge in [0.25, 0.3) is 0 Å². The molecule has 3 heteroatoms. The second kappa shape index (κ2) is 2.88. The highest BCUT2D eigenvalue weighted by molar-refractivity contribution is 6.49. The fourth-order valence-corrected chi connectivity index (χ4v) is 1.55. The molecular formula is C9H9ClN2. The Balaban J connectivity index is 2.50. The predicted octanol–water partition coefficient (Wildman–Crippen LogP) is 1.68. The maximum atomic E-state index is 5.95. The van der Waals surface area contributed by atoms with Crippen LogP contribution in [0.5, 0.6) is 0 Å². The molecule has 0 spiro atoms. The van der Waals surface area contributed by atoms with Gasteiger partial charge in [0.15, 0.2) is 0 Å². The molecule has 0 bridgehead atoms. The molecule has 0 saturated carbocycles. The molecule has 2 N–H and O–H groups in total. The first-order chi connectivity index (χ1) is 5.81. The fourth-order valence-electron chi connectivity index (χ4n) is 1.31. The van der Waals surface area contributed by atoms with E-state index in [4.69, 9.17) is 17.3 Å². The van der Waals surface area contributed by atoms with E-state index in [9.17, 15) is 0 Å². The smallest absolute Gasteiger partial charge is 0.0529 e. The molecule has 0 amide bonds. The number of nitrogens with two attached hydrogens (primary N) is 1. The Morgan fingerprint density at radius 3 is 3.17 bits per heavy atom. The molecule has 2 rings (SSSR count). The summed E-state index contributed by atoms with van der Waals surface area (Å²) in [6.07, 6.45) is 4.63. The summed E-state index contributed by atoms with van der Waals surface area (Å²) >= 11 is 5.95. The number of aromatic nitrogens is 1. The zero-order valence-electron chi connectivity index (χ0n) is 6.55. The van der Waals surface area contributed by atoms with Gasteiger partial charge < -0.3 is 5.73 Å². The third-order valence-electron chi connectivity index (χ3n) is 1.99. The number of hydrogen-bond donors (Lipinski definition) is 1. The van der Waals surface area contributed by atoms with Gasteiger partial charge in [0.05, 0.1) is 5.69 Å². The van der Waals surface area contributed by atoms with Gasteiger partial charge in [-0.05, 0) is 11.6 Å². The Morgan fingerprint density at radius 1 is 1.58 bits per heavy atom. The van der Waals surface area contributed by atoms with E-state index in [1.54, 1.807) is 0 Å². The minimum Gasteiger partial charge on any atom is -0.326 e. The minimum atomic E-state index is 0.518. The highest BCUT2D eigenvalue weighted by Gasteiger charge is 2.13. The Morgan fingerprint density at radius 2 is 2.42 bits per heavy atom. The Hall–Kier alpha value is -0.860. The first-order valence-electron chi connectivity index (χ1n) is 3.85. The van der Waals surface area contributed by atoms with Crippen LogP contribution in [0.2, 0.25) is 0 Å². The molecule has 1 heterocycles. The molecule has 0 aromatic carbocycles. The molecule has 0 atom stereocenters. The van der Waals surface area contributed by atoms with Gasteiger partial charge in [-0.25, -0.2) is 0 Å². The van der Waals surface area contributed by atoms with Crippen molar-refractivity contribution in [2.75, 3.05) is 0 Å². The van der Waals surface area contributed by atoms with E-state index in [1.165, 1.54) is 0 Å². The van der Waals surface area contributed by atoms with Gasteiger partial charge in [-0.1, -0.05) is 17.7 Å². The van der Waals surface area contributed by atoms with Crippen LogP contribution in [-0.4, -0.2) is 4.98 Å². The van der Waals surface area contributed by atoms with Crippen LogP contribution in [0.4, 0.5) is 0 Å². The van der Waals surface area contributed by atoms with Crippen LogP contribution in [0.15, 0.2) is 18.3 Å². The van der Waals surface area contributed by atoms with Crippen molar-refractivity contribution in [3.8, 4) is 0 Å². The maximum absolute atomic E-state index is 5.95. The monoisotopic (exact) mass is 180 g/mol. The van der Waals surface area contributed by atoms with Crippen molar-refractivity contribution < 1.29 is 0 Å². The van der Waals surface area contributed by atoms with E-state index in [0.717, 1.165) is 28.3 Å². The average molecular weight is 181 g/mol. The molecule has 1 aromatic heterocycles. The van der Waals surface area contributed by atoms with Crippen LogP contribution in [0.3, 0.4) is 0 Å². The summed E-state index contributed by atoms with van der Waals surface area (Å²) < 4.78 is 0. The predicted molar refractivity (Wildman–Crippen MR) is 49.7 cm³/mol. The number of fused-ring (bicyclic) bond motifs is 1. The first-order valence-corrected chi connectivity index (χ1v) is 4.23. The first kappa shape index (κ1) is 7.77. The van der Waals surface area contributed by atoms with E-state index >= 15 is 0 Å². The third-order valence-corrected chi connectivity index (χ3v) is 2.35. The van der Waals surface area contributed by atoms with E-state index < -0.39 is 0 Å². The summed E-state index contributed by atoms with van der Waals surface area (Å²) in [5.41, 5.74) is 8.61. The van der Waals surface area contributed by atoms with Gasteiger partial charge >= 0.3 is 0 Å². The second-order valence-electron chi connectivity index (χ2n) is 2.80. The number of halogens is 1. The topological polar surface area (TPSA) is 38.9 Å². The van der Waals surface area contributed by atoms with Crippen molar-refractivity contribution in [2.24, 2.45) is 5.73 Å². The van der Waals surface area contributed by atoms with Crippen molar-refractivity contribution in [3.05, 3.63) is 35.2 Å². The summed E-state index contributed by atoms with van der Waals surface area (Å²) in [6, 6.07) is 2.01. The van der Waals surface area contributed by atoms with Crippen LogP contribution >= 0.6 is 11.6 Å². The molecule has 12 heavy (non-hydrogen) atoms. The van der Waals surface area contributed by atoms with Gasteiger partial charge in [-0.2, -0.15) is 0 Å². The average Bonchev–Trinajstić information content (AvgIpc) is 2.47. The number of pyridine rings is 1. The Kier molecular flexibility index (Phi) is 1.87. The van der Waals surface area contributed by atoms with Gasteiger partial charge in [-0.3, -0.25) is 4.98 Å². The molecular weight excluding hydrogens is 172 g/mol. The lowest BCUT2D eigenvalue weighted by Gasteiger charge is -2.01. The van der Waals surface area contributed by atoms with Crippen molar-refractivity contribution in [1.29, 1.82) is 0 Å². The molecule has 0 fully saturated rings. The summed E-state index contributed by atoms with van der Waals surface area (Å²) in [7, 11) is 0. The maximum Gasteiger partial charge on any atom is 0.0529 e. The van der Waals surface area contributed by atoms with Gasteiger partial charge in [0.1, 0.15) is 0 Å². The highest BCUT2D eigenvalue weighted by atomic mass is 35.5. The van der Waals surface area contributed by atoms with Gasteiger partial charge in [0, 0.05) is 29.8 Å². The molecule has 1 aromatic rings. The van der Waals surface area contributed by atoms with Gasteiger partial charge in [-0.15, -0.1) is 0 Å². The number of hydrogen-bond acceptors (Lipinski definition) is 2.